The molecular weight excluding hydrogens is 544 g/mol. The highest BCUT2D eigenvalue weighted by molar-refractivity contribution is 7.19. The molecule has 0 atom stereocenters. The lowest BCUT2D eigenvalue weighted by Gasteiger charge is -2.40. The van der Waals surface area contributed by atoms with Crippen molar-refractivity contribution in [2.45, 2.75) is 83.8 Å². The summed E-state index contributed by atoms with van der Waals surface area (Å²) in [4.78, 5) is 33.1. The van der Waals surface area contributed by atoms with Gasteiger partial charge in [0.05, 0.1) is 5.00 Å². The van der Waals surface area contributed by atoms with Crippen molar-refractivity contribution >= 4 is 33.9 Å². The van der Waals surface area contributed by atoms with Crippen molar-refractivity contribution < 1.29 is 14.3 Å². The number of piperidine rings is 2. The molecule has 2 saturated heterocycles. The van der Waals surface area contributed by atoms with Gasteiger partial charge >= 0.3 is 6.09 Å². The molecule has 2 fully saturated rings. The Hall–Kier alpha value is -2.68. The number of carbonyl (C=O) groups is 2. The smallest absolute Gasteiger partial charge is 0.410 e. The van der Waals surface area contributed by atoms with Crippen molar-refractivity contribution in [3.63, 3.8) is 0 Å². The fourth-order valence-electron chi connectivity index (χ4n) is 6.29. The van der Waals surface area contributed by atoms with Crippen LogP contribution >= 0.6 is 11.3 Å². The summed E-state index contributed by atoms with van der Waals surface area (Å²) >= 11 is 1.62. The van der Waals surface area contributed by atoms with Gasteiger partial charge in [-0.3, -0.25) is 4.79 Å². The monoisotopic (exact) mass is 592 g/mol. The molecule has 1 aromatic carbocycles. The van der Waals surface area contributed by atoms with Gasteiger partial charge in [-0.05, 0) is 121 Å². The fraction of sp³-hybridized carbons (Fsp3) is 0.588. The second-order valence-electron chi connectivity index (χ2n) is 13.0. The molecule has 1 aromatic heterocycles. The summed E-state index contributed by atoms with van der Waals surface area (Å²) < 4.78 is 5.50. The van der Waals surface area contributed by atoms with E-state index in [0.29, 0.717) is 19.5 Å². The maximum absolute atomic E-state index is 12.6. The zero-order valence-corrected chi connectivity index (χ0v) is 26.5. The molecule has 0 saturated carbocycles. The second-order valence-corrected chi connectivity index (χ2v) is 14.1. The van der Waals surface area contributed by atoms with Crippen molar-refractivity contribution in [2.24, 2.45) is 0 Å². The first kappa shape index (κ1) is 30.8. The number of amides is 2. The molecule has 2 aromatic rings. The Labute approximate surface area is 255 Å². The van der Waals surface area contributed by atoms with E-state index in [2.05, 4.69) is 51.5 Å². The average molecular weight is 593 g/mol. The average Bonchev–Trinajstić information content (AvgIpc) is 3.45. The zero-order chi connectivity index (χ0) is 29.5. The van der Waals surface area contributed by atoms with Gasteiger partial charge in [0.1, 0.15) is 5.60 Å². The van der Waals surface area contributed by atoms with Crippen LogP contribution in [-0.4, -0.2) is 84.2 Å². The van der Waals surface area contributed by atoms with Crippen LogP contribution in [0, 0.1) is 0 Å². The van der Waals surface area contributed by atoms with Crippen molar-refractivity contribution in [3.05, 3.63) is 48.0 Å². The van der Waals surface area contributed by atoms with E-state index in [1.807, 2.05) is 26.8 Å². The molecule has 42 heavy (non-hydrogen) atoms. The lowest BCUT2D eigenvalue weighted by Crippen LogP contribution is -2.46. The summed E-state index contributed by atoms with van der Waals surface area (Å²) in [5.41, 5.74) is 3.10. The number of thiophene rings is 1. The van der Waals surface area contributed by atoms with E-state index in [9.17, 15) is 9.59 Å². The summed E-state index contributed by atoms with van der Waals surface area (Å²) in [5.74, 6) is 0.103. The van der Waals surface area contributed by atoms with Crippen LogP contribution in [0.25, 0.3) is 16.0 Å². The van der Waals surface area contributed by atoms with Gasteiger partial charge < -0.3 is 24.8 Å². The van der Waals surface area contributed by atoms with Gasteiger partial charge in [0.15, 0.2) is 0 Å². The van der Waals surface area contributed by atoms with E-state index in [-0.39, 0.29) is 12.0 Å². The van der Waals surface area contributed by atoms with E-state index in [1.165, 1.54) is 56.3 Å². The predicted molar refractivity (Wildman–Crippen MR) is 173 cm³/mol. The van der Waals surface area contributed by atoms with Crippen LogP contribution < -0.4 is 5.32 Å². The summed E-state index contributed by atoms with van der Waals surface area (Å²) in [5, 5.41) is 4.01. The lowest BCUT2D eigenvalue weighted by molar-refractivity contribution is -0.116. The van der Waals surface area contributed by atoms with Crippen LogP contribution in [0.5, 0.6) is 0 Å². The van der Waals surface area contributed by atoms with E-state index < -0.39 is 5.60 Å². The van der Waals surface area contributed by atoms with Crippen molar-refractivity contribution in [3.8, 4) is 10.4 Å². The SMILES string of the molecule is CC(C)(C)OC(=O)N1CC=C(c2ccc(-c3ccc(NC(=O)CCCN4CCC(N5CCCCC5)CC4)s3)cc2)CC1. The highest BCUT2D eigenvalue weighted by Gasteiger charge is 2.26. The summed E-state index contributed by atoms with van der Waals surface area (Å²) in [6.45, 7) is 12.8. The quantitative estimate of drug-likeness (QED) is 0.354. The first-order valence-electron chi connectivity index (χ1n) is 15.9. The molecule has 0 spiro atoms. The highest BCUT2D eigenvalue weighted by Crippen LogP contribution is 2.33. The largest absolute Gasteiger partial charge is 0.444 e. The Bertz CT molecular complexity index is 1220. The molecule has 0 unspecified atom stereocenters. The number of benzene rings is 1. The third-order valence-electron chi connectivity index (χ3n) is 8.61. The molecule has 3 aliphatic heterocycles. The molecule has 3 aliphatic rings. The molecule has 0 radical (unpaired) electrons. The molecule has 1 N–H and O–H groups in total. The number of nitrogens with one attached hydrogen (secondary N) is 1. The van der Waals surface area contributed by atoms with E-state index in [1.54, 1.807) is 16.2 Å². The van der Waals surface area contributed by atoms with Gasteiger partial charge in [0, 0.05) is 30.4 Å². The zero-order valence-electron chi connectivity index (χ0n) is 25.7. The number of nitrogens with zero attached hydrogens (tertiary/aromatic N) is 3. The van der Waals surface area contributed by atoms with E-state index in [0.717, 1.165) is 54.0 Å². The Morgan fingerprint density at radius 1 is 0.929 bits per heavy atom. The Kier molecular flexibility index (Phi) is 10.4. The normalized spacial score (nSPS) is 19.4. The van der Waals surface area contributed by atoms with Gasteiger partial charge in [-0.15, -0.1) is 11.3 Å². The Balaban J connectivity index is 1.03. The van der Waals surface area contributed by atoms with E-state index >= 15 is 0 Å². The van der Waals surface area contributed by atoms with Gasteiger partial charge in [-0.1, -0.05) is 36.8 Å². The van der Waals surface area contributed by atoms with Crippen LogP contribution in [0.2, 0.25) is 0 Å². The molecule has 0 aliphatic carbocycles. The molecule has 0 bridgehead atoms. The first-order valence-corrected chi connectivity index (χ1v) is 16.7. The highest BCUT2D eigenvalue weighted by atomic mass is 32.1. The fourth-order valence-corrected chi connectivity index (χ4v) is 7.22. The number of ether oxygens (including phenoxy) is 1. The van der Waals surface area contributed by atoms with Crippen LogP contribution in [0.4, 0.5) is 9.80 Å². The topological polar surface area (TPSA) is 65.1 Å². The van der Waals surface area contributed by atoms with Crippen molar-refractivity contribution in [1.29, 1.82) is 0 Å². The number of rotatable bonds is 8. The Morgan fingerprint density at radius 2 is 1.64 bits per heavy atom. The molecule has 8 heteroatoms. The number of anilines is 1. The number of likely N-dealkylation sites (tertiary alicyclic amines) is 2. The molecule has 228 valence electrons. The maximum Gasteiger partial charge on any atom is 0.410 e. The van der Waals surface area contributed by atoms with Crippen LogP contribution in [0.3, 0.4) is 0 Å². The molecule has 7 nitrogen and oxygen atoms in total. The van der Waals surface area contributed by atoms with Crippen LogP contribution in [0.15, 0.2) is 42.5 Å². The number of hydrogen-bond acceptors (Lipinski definition) is 6. The second kappa shape index (κ2) is 14.2. The molecule has 2 amide bonds. The number of carbonyl (C=O) groups excluding carboxylic acids is 2. The minimum atomic E-state index is -0.481. The molecule has 5 rings (SSSR count). The standard InChI is InChI=1S/C34H48N4O3S/c1-34(2,3)41-33(40)38-24-15-27(16-25-38)26-9-11-28(12-10-26)30-13-14-32(42-30)35-31(39)8-7-19-36-22-17-29(18-23-36)37-20-5-4-6-21-37/h9-15,29H,4-8,16-25H2,1-3H3,(H,35,39). The van der Waals surface area contributed by atoms with Crippen molar-refractivity contribution in [2.75, 3.05) is 51.1 Å². The van der Waals surface area contributed by atoms with Gasteiger partial charge in [-0.25, -0.2) is 4.79 Å². The lowest BCUT2D eigenvalue weighted by atomic mass is 9.98. The molecule has 4 heterocycles. The minimum Gasteiger partial charge on any atom is -0.444 e. The van der Waals surface area contributed by atoms with Gasteiger partial charge in [0.25, 0.3) is 0 Å². The maximum atomic E-state index is 12.6. The Morgan fingerprint density at radius 3 is 2.31 bits per heavy atom. The third-order valence-corrected chi connectivity index (χ3v) is 9.66. The van der Waals surface area contributed by atoms with Crippen molar-refractivity contribution in [1.82, 2.24) is 14.7 Å². The van der Waals surface area contributed by atoms with Gasteiger partial charge in [0.2, 0.25) is 5.91 Å². The summed E-state index contributed by atoms with van der Waals surface area (Å²) in [6.07, 6.45) is 10.8. The summed E-state index contributed by atoms with van der Waals surface area (Å²) in [7, 11) is 0. The summed E-state index contributed by atoms with van der Waals surface area (Å²) in [6, 6.07) is 13.4. The first-order chi connectivity index (χ1) is 20.2. The number of hydrogen-bond donors (Lipinski definition) is 1. The van der Waals surface area contributed by atoms with Crippen LogP contribution in [0.1, 0.15) is 77.7 Å². The third kappa shape index (κ3) is 8.68. The van der Waals surface area contributed by atoms with E-state index in [4.69, 9.17) is 4.74 Å². The van der Waals surface area contributed by atoms with Crippen LogP contribution in [-0.2, 0) is 9.53 Å². The molecular formula is C34H48N4O3S. The predicted octanol–water partition coefficient (Wildman–Crippen LogP) is 7.11. The minimum absolute atomic E-state index is 0.103. The van der Waals surface area contributed by atoms with Gasteiger partial charge in [-0.2, -0.15) is 0 Å².